The summed E-state index contributed by atoms with van der Waals surface area (Å²) in [7, 11) is 3.20. The highest BCUT2D eigenvalue weighted by Gasteiger charge is 2.16. The van der Waals surface area contributed by atoms with E-state index in [9.17, 15) is 4.79 Å². The summed E-state index contributed by atoms with van der Waals surface area (Å²) in [5.74, 6) is 2.56. The maximum absolute atomic E-state index is 11.8. The SMILES string of the molecule is COc1ccc(CNC(=O)NC[C@H]2CCCS2)cc1OC. The summed E-state index contributed by atoms with van der Waals surface area (Å²) in [5.41, 5.74) is 0.970. The Morgan fingerprint density at radius 1 is 1.29 bits per heavy atom. The van der Waals surface area contributed by atoms with Crippen molar-refractivity contribution in [3.05, 3.63) is 23.8 Å². The highest BCUT2D eigenvalue weighted by Crippen LogP contribution is 2.27. The van der Waals surface area contributed by atoms with E-state index in [4.69, 9.17) is 9.47 Å². The van der Waals surface area contributed by atoms with Gasteiger partial charge in [-0.3, -0.25) is 0 Å². The van der Waals surface area contributed by atoms with E-state index >= 15 is 0 Å². The van der Waals surface area contributed by atoms with Crippen LogP contribution in [0.5, 0.6) is 11.5 Å². The molecule has 116 valence electrons. The van der Waals surface area contributed by atoms with E-state index < -0.39 is 0 Å². The molecular weight excluding hydrogens is 288 g/mol. The Labute approximate surface area is 129 Å². The van der Waals surface area contributed by atoms with Gasteiger partial charge in [0.15, 0.2) is 11.5 Å². The fraction of sp³-hybridized carbons (Fsp3) is 0.533. The molecule has 21 heavy (non-hydrogen) atoms. The third-order valence-electron chi connectivity index (χ3n) is 3.42. The molecule has 1 aliphatic rings. The molecule has 0 spiro atoms. The minimum atomic E-state index is -0.128. The predicted molar refractivity (Wildman–Crippen MR) is 85.3 cm³/mol. The van der Waals surface area contributed by atoms with Crippen molar-refractivity contribution in [3.8, 4) is 11.5 Å². The molecule has 0 saturated carbocycles. The third kappa shape index (κ3) is 4.74. The van der Waals surface area contributed by atoms with Gasteiger partial charge in [0.2, 0.25) is 0 Å². The van der Waals surface area contributed by atoms with Crippen LogP contribution in [0.4, 0.5) is 4.79 Å². The Kier molecular flexibility index (Phi) is 6.04. The second-order valence-corrected chi connectivity index (χ2v) is 6.30. The van der Waals surface area contributed by atoms with Gasteiger partial charge < -0.3 is 20.1 Å². The summed E-state index contributed by atoms with van der Waals surface area (Å²) in [6.45, 7) is 1.20. The Morgan fingerprint density at radius 3 is 2.76 bits per heavy atom. The van der Waals surface area contributed by atoms with Gasteiger partial charge >= 0.3 is 6.03 Å². The molecule has 2 rings (SSSR count). The minimum Gasteiger partial charge on any atom is -0.493 e. The van der Waals surface area contributed by atoms with Crippen LogP contribution < -0.4 is 20.1 Å². The van der Waals surface area contributed by atoms with Crippen molar-refractivity contribution in [2.75, 3.05) is 26.5 Å². The summed E-state index contributed by atoms with van der Waals surface area (Å²) in [6.07, 6.45) is 2.45. The Hall–Kier alpha value is -1.56. The number of hydrogen-bond donors (Lipinski definition) is 2. The summed E-state index contributed by atoms with van der Waals surface area (Å²) in [6, 6.07) is 5.49. The van der Waals surface area contributed by atoms with Gasteiger partial charge in [0.1, 0.15) is 0 Å². The monoisotopic (exact) mass is 310 g/mol. The number of carbonyl (C=O) groups excluding carboxylic acids is 1. The number of methoxy groups -OCH3 is 2. The normalized spacial score (nSPS) is 17.3. The van der Waals surface area contributed by atoms with Gasteiger partial charge in [-0.1, -0.05) is 6.07 Å². The lowest BCUT2D eigenvalue weighted by atomic mass is 10.2. The largest absolute Gasteiger partial charge is 0.493 e. The van der Waals surface area contributed by atoms with Crippen LogP contribution >= 0.6 is 11.8 Å². The van der Waals surface area contributed by atoms with Crippen molar-refractivity contribution in [1.82, 2.24) is 10.6 Å². The smallest absolute Gasteiger partial charge is 0.315 e. The van der Waals surface area contributed by atoms with Gasteiger partial charge in [0, 0.05) is 18.3 Å². The molecule has 1 aromatic carbocycles. The van der Waals surface area contributed by atoms with E-state index in [1.807, 2.05) is 30.0 Å². The number of ether oxygens (including phenoxy) is 2. The zero-order valence-corrected chi connectivity index (χ0v) is 13.3. The molecule has 1 fully saturated rings. The molecule has 1 atom stereocenters. The average molecular weight is 310 g/mol. The first-order valence-electron chi connectivity index (χ1n) is 7.07. The van der Waals surface area contributed by atoms with Crippen LogP contribution in [0.1, 0.15) is 18.4 Å². The van der Waals surface area contributed by atoms with Crippen LogP contribution in [-0.4, -0.2) is 37.8 Å². The second kappa shape index (κ2) is 8.02. The number of hydrogen-bond acceptors (Lipinski definition) is 4. The Balaban J connectivity index is 1.77. The van der Waals surface area contributed by atoms with Crippen molar-refractivity contribution in [3.63, 3.8) is 0 Å². The average Bonchev–Trinajstić information content (AvgIpc) is 3.04. The van der Waals surface area contributed by atoms with E-state index in [0.717, 1.165) is 12.1 Å². The molecule has 6 heteroatoms. The quantitative estimate of drug-likeness (QED) is 0.847. The van der Waals surface area contributed by atoms with Crippen LogP contribution in [0.15, 0.2) is 18.2 Å². The van der Waals surface area contributed by atoms with Crippen molar-refractivity contribution >= 4 is 17.8 Å². The fourth-order valence-electron chi connectivity index (χ4n) is 2.25. The first-order chi connectivity index (χ1) is 10.2. The van der Waals surface area contributed by atoms with Crippen LogP contribution in [0.2, 0.25) is 0 Å². The number of carbonyl (C=O) groups is 1. The topological polar surface area (TPSA) is 59.6 Å². The van der Waals surface area contributed by atoms with E-state index in [1.165, 1.54) is 18.6 Å². The molecule has 0 bridgehead atoms. The van der Waals surface area contributed by atoms with Gasteiger partial charge in [-0.25, -0.2) is 4.79 Å². The molecule has 2 N–H and O–H groups in total. The molecule has 0 unspecified atom stereocenters. The van der Waals surface area contributed by atoms with Crippen LogP contribution in [0, 0.1) is 0 Å². The number of urea groups is 1. The van der Waals surface area contributed by atoms with Crippen molar-refractivity contribution in [2.45, 2.75) is 24.6 Å². The standard InChI is InChI=1S/C15H22N2O3S/c1-19-13-6-5-11(8-14(13)20-2)9-16-15(18)17-10-12-4-3-7-21-12/h5-6,8,12H,3-4,7,9-10H2,1-2H3,(H2,16,17,18)/t12-/m1/s1. The lowest BCUT2D eigenvalue weighted by Crippen LogP contribution is -2.38. The van der Waals surface area contributed by atoms with Crippen molar-refractivity contribution in [2.24, 2.45) is 0 Å². The number of rotatable bonds is 6. The van der Waals surface area contributed by atoms with Gasteiger partial charge in [0.05, 0.1) is 14.2 Å². The van der Waals surface area contributed by atoms with E-state index in [2.05, 4.69) is 10.6 Å². The Bertz CT molecular complexity index is 476. The third-order valence-corrected chi connectivity index (χ3v) is 4.81. The van der Waals surface area contributed by atoms with Crippen molar-refractivity contribution < 1.29 is 14.3 Å². The van der Waals surface area contributed by atoms with Gasteiger partial charge in [-0.05, 0) is 36.3 Å². The van der Waals surface area contributed by atoms with Crippen LogP contribution in [0.25, 0.3) is 0 Å². The number of nitrogens with one attached hydrogen (secondary N) is 2. The van der Waals surface area contributed by atoms with Crippen LogP contribution in [-0.2, 0) is 6.54 Å². The molecule has 0 radical (unpaired) electrons. The number of benzene rings is 1. The maximum atomic E-state index is 11.8. The van der Waals surface area contributed by atoms with Gasteiger partial charge in [-0.15, -0.1) is 0 Å². The maximum Gasteiger partial charge on any atom is 0.315 e. The van der Waals surface area contributed by atoms with Crippen molar-refractivity contribution in [1.29, 1.82) is 0 Å². The van der Waals surface area contributed by atoms with Crippen LogP contribution in [0.3, 0.4) is 0 Å². The van der Waals surface area contributed by atoms with E-state index in [1.54, 1.807) is 14.2 Å². The fourth-order valence-corrected chi connectivity index (χ4v) is 3.45. The predicted octanol–water partition coefficient (Wildman–Crippen LogP) is 2.40. The zero-order chi connectivity index (χ0) is 15.1. The van der Waals surface area contributed by atoms with E-state index in [0.29, 0.717) is 23.3 Å². The summed E-state index contributed by atoms with van der Waals surface area (Å²) >= 11 is 1.93. The minimum absolute atomic E-state index is 0.128. The first kappa shape index (κ1) is 15.8. The Morgan fingerprint density at radius 2 is 2.10 bits per heavy atom. The number of amides is 2. The van der Waals surface area contributed by atoms with Gasteiger partial charge in [0.25, 0.3) is 0 Å². The lowest BCUT2D eigenvalue weighted by Gasteiger charge is -2.12. The van der Waals surface area contributed by atoms with Gasteiger partial charge in [-0.2, -0.15) is 11.8 Å². The molecule has 0 aliphatic carbocycles. The molecule has 5 nitrogen and oxygen atoms in total. The highest BCUT2D eigenvalue weighted by atomic mass is 32.2. The second-order valence-electron chi connectivity index (χ2n) is 4.89. The zero-order valence-electron chi connectivity index (χ0n) is 12.5. The first-order valence-corrected chi connectivity index (χ1v) is 8.12. The lowest BCUT2D eigenvalue weighted by molar-refractivity contribution is 0.240. The highest BCUT2D eigenvalue weighted by molar-refractivity contribution is 8.00. The molecule has 1 heterocycles. The summed E-state index contributed by atoms with van der Waals surface area (Å²) < 4.78 is 10.4. The molecule has 0 aromatic heterocycles. The summed E-state index contributed by atoms with van der Waals surface area (Å²) in [5, 5.41) is 6.34. The molecule has 1 saturated heterocycles. The molecule has 1 aromatic rings. The number of thioether (sulfide) groups is 1. The molecule has 1 aliphatic heterocycles. The molecular formula is C15H22N2O3S. The summed E-state index contributed by atoms with van der Waals surface area (Å²) in [4.78, 5) is 11.8. The van der Waals surface area contributed by atoms with E-state index in [-0.39, 0.29) is 6.03 Å². The molecule has 2 amide bonds.